The highest BCUT2D eigenvalue weighted by atomic mass is 79.9. The van der Waals surface area contributed by atoms with Gasteiger partial charge >= 0.3 is 11.9 Å². The summed E-state index contributed by atoms with van der Waals surface area (Å²) in [5.41, 5.74) is 1.04. The molecule has 6 atom stereocenters. The fourth-order valence-corrected chi connectivity index (χ4v) is 5.57. The van der Waals surface area contributed by atoms with Crippen LogP contribution in [0.1, 0.15) is 30.1 Å². The highest BCUT2D eigenvalue weighted by molar-refractivity contribution is 9.09. The lowest BCUT2D eigenvalue weighted by molar-refractivity contribution is -0.145. The number of carbonyl (C=O) groups is 3. The van der Waals surface area contributed by atoms with Gasteiger partial charge in [0.1, 0.15) is 6.10 Å². The van der Waals surface area contributed by atoms with Crippen LogP contribution in [-0.2, 0) is 19.1 Å². The molecule has 0 aromatic heterocycles. The normalized spacial score (nSPS) is 33.8. The van der Waals surface area contributed by atoms with Crippen LogP contribution in [0, 0.1) is 23.7 Å². The molecule has 0 radical (unpaired) electrons. The van der Waals surface area contributed by atoms with E-state index in [0.29, 0.717) is 17.9 Å². The first-order chi connectivity index (χ1) is 12.5. The summed E-state index contributed by atoms with van der Waals surface area (Å²) in [5, 5.41) is 2.88. The fraction of sp³-hybridized carbons (Fsp3) is 0.526. The molecule has 0 unspecified atom stereocenters. The summed E-state index contributed by atoms with van der Waals surface area (Å²) in [7, 11) is 0. The van der Waals surface area contributed by atoms with Gasteiger partial charge in [-0.2, -0.15) is 0 Å². The van der Waals surface area contributed by atoms with Crippen LogP contribution in [0.4, 0.5) is 5.69 Å². The molecule has 3 aliphatic rings. The van der Waals surface area contributed by atoms with Crippen molar-refractivity contribution in [1.29, 1.82) is 0 Å². The Morgan fingerprint density at radius 1 is 1.27 bits per heavy atom. The number of amides is 1. The molecule has 1 aromatic carbocycles. The first-order valence-electron chi connectivity index (χ1n) is 8.94. The van der Waals surface area contributed by atoms with Gasteiger partial charge in [-0.3, -0.25) is 9.59 Å². The van der Waals surface area contributed by atoms with Crippen LogP contribution in [0.5, 0.6) is 0 Å². The third-order valence-electron chi connectivity index (χ3n) is 5.65. The zero-order valence-electron chi connectivity index (χ0n) is 14.3. The summed E-state index contributed by atoms with van der Waals surface area (Å²) >= 11 is 3.61. The Bertz CT molecular complexity index is 749. The van der Waals surface area contributed by atoms with Crippen LogP contribution in [0.3, 0.4) is 0 Å². The Kier molecular flexibility index (Phi) is 4.50. The summed E-state index contributed by atoms with van der Waals surface area (Å²) in [6, 6.07) is 6.60. The molecule has 1 aliphatic heterocycles. The van der Waals surface area contributed by atoms with Crippen molar-refractivity contribution in [3.05, 3.63) is 29.8 Å². The smallest absolute Gasteiger partial charge is 0.338 e. The number of esters is 2. The van der Waals surface area contributed by atoms with Crippen LogP contribution in [0.25, 0.3) is 0 Å². The molecule has 1 N–H and O–H groups in total. The third-order valence-corrected chi connectivity index (χ3v) is 6.85. The Balaban J connectivity index is 1.44. The number of hydrogen-bond acceptors (Lipinski definition) is 5. The van der Waals surface area contributed by atoms with Crippen molar-refractivity contribution in [2.75, 3.05) is 11.9 Å². The van der Waals surface area contributed by atoms with E-state index < -0.39 is 0 Å². The number of benzene rings is 1. The van der Waals surface area contributed by atoms with Crippen molar-refractivity contribution < 1.29 is 23.9 Å². The molecular formula is C19H20BrNO5. The molecule has 1 amide bonds. The summed E-state index contributed by atoms with van der Waals surface area (Å²) < 4.78 is 10.5. The van der Waals surface area contributed by atoms with Gasteiger partial charge in [-0.25, -0.2) is 4.79 Å². The first kappa shape index (κ1) is 17.5. The summed E-state index contributed by atoms with van der Waals surface area (Å²) in [6.45, 7) is 2.31. The minimum atomic E-state index is -0.375. The Morgan fingerprint density at radius 2 is 2.00 bits per heavy atom. The van der Waals surface area contributed by atoms with Gasteiger partial charge in [0.2, 0.25) is 5.91 Å². The maximum atomic E-state index is 12.8. The van der Waals surface area contributed by atoms with Gasteiger partial charge < -0.3 is 14.8 Å². The lowest BCUT2D eigenvalue weighted by atomic mass is 9.79. The van der Waals surface area contributed by atoms with Gasteiger partial charge in [-0.1, -0.05) is 22.9 Å². The number of anilines is 1. The van der Waals surface area contributed by atoms with Gasteiger partial charge in [0.15, 0.2) is 0 Å². The van der Waals surface area contributed by atoms with Crippen LogP contribution in [0.2, 0.25) is 0 Å². The Hall–Kier alpha value is -1.89. The molecule has 2 aliphatic carbocycles. The molecule has 2 bridgehead atoms. The third kappa shape index (κ3) is 2.73. The average molecular weight is 422 g/mol. The maximum absolute atomic E-state index is 12.8. The quantitative estimate of drug-likeness (QED) is 0.583. The van der Waals surface area contributed by atoms with E-state index in [-0.39, 0.29) is 52.4 Å². The Morgan fingerprint density at radius 3 is 2.69 bits per heavy atom. The van der Waals surface area contributed by atoms with Crippen molar-refractivity contribution in [2.24, 2.45) is 23.7 Å². The number of halogens is 1. The van der Waals surface area contributed by atoms with Crippen molar-refractivity contribution in [3.8, 4) is 0 Å². The number of fused-ring (bicyclic) bond motifs is 1. The zero-order chi connectivity index (χ0) is 18.4. The molecule has 6 nitrogen and oxygen atoms in total. The van der Waals surface area contributed by atoms with Crippen molar-refractivity contribution >= 4 is 39.5 Å². The largest absolute Gasteiger partial charge is 0.462 e. The van der Waals surface area contributed by atoms with Crippen molar-refractivity contribution in [2.45, 2.75) is 30.7 Å². The number of hydrogen-bond donors (Lipinski definition) is 1. The molecule has 1 saturated heterocycles. The molecule has 3 fully saturated rings. The average Bonchev–Trinajstić information content (AvgIpc) is 3.24. The number of ether oxygens (including phenoxy) is 2. The molecular weight excluding hydrogens is 402 g/mol. The van der Waals surface area contributed by atoms with Gasteiger partial charge in [-0.15, -0.1) is 0 Å². The second-order valence-corrected chi connectivity index (χ2v) is 8.22. The standard InChI is InChI=1S/C19H20BrNO5/c1-2-7-25-18(23)9-3-5-10(6-4-9)21-17(22)13-11-8-12-14(13)19(24)26-16(12)15(11)20/h3-6,11-16H,2,7-8H2,1H3,(H,21,22)/t11-,12-,13-,14-,15+,16+/m1/s1. The predicted octanol–water partition coefficient (Wildman–Crippen LogP) is 2.76. The molecule has 26 heavy (non-hydrogen) atoms. The van der Waals surface area contributed by atoms with Crippen LogP contribution < -0.4 is 5.32 Å². The molecule has 7 heteroatoms. The van der Waals surface area contributed by atoms with E-state index >= 15 is 0 Å². The Labute approximate surface area is 159 Å². The van der Waals surface area contributed by atoms with Crippen LogP contribution >= 0.6 is 15.9 Å². The number of carbonyl (C=O) groups excluding carboxylic acids is 3. The highest BCUT2D eigenvalue weighted by Crippen LogP contribution is 2.60. The summed E-state index contributed by atoms with van der Waals surface area (Å²) in [4.78, 5) is 36.8. The van der Waals surface area contributed by atoms with E-state index in [9.17, 15) is 14.4 Å². The monoisotopic (exact) mass is 421 g/mol. The predicted molar refractivity (Wildman–Crippen MR) is 96.8 cm³/mol. The highest BCUT2D eigenvalue weighted by Gasteiger charge is 2.67. The number of rotatable bonds is 5. The molecule has 0 spiro atoms. The summed E-state index contributed by atoms with van der Waals surface area (Å²) in [5.74, 6) is -1.23. The van der Waals surface area contributed by atoms with E-state index in [2.05, 4.69) is 21.2 Å². The van der Waals surface area contributed by atoms with E-state index in [4.69, 9.17) is 9.47 Å². The van der Waals surface area contributed by atoms with E-state index in [1.54, 1.807) is 24.3 Å². The van der Waals surface area contributed by atoms with Crippen LogP contribution in [-0.4, -0.2) is 35.4 Å². The van der Waals surface area contributed by atoms with Gasteiger partial charge in [0.05, 0.1) is 28.8 Å². The van der Waals surface area contributed by atoms with E-state index in [1.165, 1.54) is 0 Å². The van der Waals surface area contributed by atoms with Gasteiger partial charge in [0, 0.05) is 11.6 Å². The second-order valence-electron chi connectivity index (χ2n) is 7.16. The lowest BCUT2D eigenvalue weighted by Gasteiger charge is -2.27. The minimum Gasteiger partial charge on any atom is -0.462 e. The maximum Gasteiger partial charge on any atom is 0.338 e. The number of nitrogens with one attached hydrogen (secondary N) is 1. The van der Waals surface area contributed by atoms with Crippen LogP contribution in [0.15, 0.2) is 24.3 Å². The molecule has 2 saturated carbocycles. The summed E-state index contributed by atoms with van der Waals surface area (Å²) in [6.07, 6.45) is 1.52. The van der Waals surface area contributed by atoms with E-state index in [0.717, 1.165) is 12.8 Å². The van der Waals surface area contributed by atoms with Crippen molar-refractivity contribution in [3.63, 3.8) is 0 Å². The minimum absolute atomic E-state index is 0.0432. The molecule has 4 rings (SSSR count). The SMILES string of the molecule is CCCOC(=O)c1ccc(NC(=O)[C@@H]2[C@H]3C[C@H]4[C@H](OC(=O)[C@H]42)[C@H]3Br)cc1. The molecule has 1 aromatic rings. The molecule has 138 valence electrons. The van der Waals surface area contributed by atoms with Crippen molar-refractivity contribution in [1.82, 2.24) is 0 Å². The fourth-order valence-electron chi connectivity index (χ4n) is 4.52. The van der Waals surface area contributed by atoms with Gasteiger partial charge in [0.25, 0.3) is 0 Å². The second kappa shape index (κ2) is 6.68. The first-order valence-corrected chi connectivity index (χ1v) is 9.85. The number of alkyl halides is 1. The van der Waals surface area contributed by atoms with E-state index in [1.807, 2.05) is 6.92 Å². The zero-order valence-corrected chi connectivity index (χ0v) is 15.9. The lowest BCUT2D eigenvalue weighted by Crippen LogP contribution is -2.40. The molecule has 1 heterocycles. The van der Waals surface area contributed by atoms with Gasteiger partial charge in [-0.05, 0) is 43.0 Å². The topological polar surface area (TPSA) is 81.7 Å².